The molecule has 16 heavy (non-hydrogen) atoms. The Bertz CT molecular complexity index is 378. The number of aliphatic hydroxyl groups excluding tert-OH is 1. The smallest absolute Gasteiger partial charge is 0.141 e. The van der Waals surface area contributed by atoms with Crippen molar-refractivity contribution in [3.05, 3.63) is 29.8 Å². The molecule has 0 spiro atoms. The van der Waals surface area contributed by atoms with Crippen LogP contribution in [0.4, 0.5) is 4.39 Å². The first-order chi connectivity index (χ1) is 7.50. The van der Waals surface area contributed by atoms with E-state index in [0.717, 1.165) is 25.5 Å². The second-order valence-corrected chi connectivity index (χ2v) is 5.37. The minimum Gasteiger partial charge on any atom is -0.388 e. The Morgan fingerprint density at radius 2 is 2.25 bits per heavy atom. The first kappa shape index (κ1) is 11.5. The summed E-state index contributed by atoms with van der Waals surface area (Å²) in [6.07, 6.45) is 5.39. The zero-order valence-electron chi connectivity index (χ0n) is 9.78. The van der Waals surface area contributed by atoms with Gasteiger partial charge in [0.05, 0.1) is 12.3 Å². The molecule has 1 aromatic heterocycles. The predicted molar refractivity (Wildman–Crippen MR) is 60.3 cm³/mol. The molecule has 0 radical (unpaired) electrons. The molecule has 1 saturated carbocycles. The van der Waals surface area contributed by atoms with Gasteiger partial charge in [-0.15, -0.1) is 0 Å². The van der Waals surface area contributed by atoms with E-state index in [9.17, 15) is 9.50 Å². The number of nitrogens with zero attached hydrogens (tertiary/aromatic N) is 1. The fourth-order valence-corrected chi connectivity index (χ4v) is 2.76. The van der Waals surface area contributed by atoms with Crippen LogP contribution in [-0.2, 0) is 0 Å². The Labute approximate surface area is 95.5 Å². The number of pyridine rings is 1. The average Bonchev–Trinajstić information content (AvgIpc) is 2.57. The van der Waals surface area contributed by atoms with E-state index in [4.69, 9.17) is 0 Å². The summed E-state index contributed by atoms with van der Waals surface area (Å²) < 4.78 is 13.0. The third-order valence-electron chi connectivity index (χ3n) is 3.79. The monoisotopic (exact) mass is 223 g/mol. The van der Waals surface area contributed by atoms with Crippen molar-refractivity contribution < 1.29 is 9.50 Å². The van der Waals surface area contributed by atoms with Crippen molar-refractivity contribution >= 4 is 0 Å². The van der Waals surface area contributed by atoms with E-state index in [1.807, 2.05) is 0 Å². The van der Waals surface area contributed by atoms with Crippen molar-refractivity contribution in [2.45, 2.75) is 39.2 Å². The molecule has 1 N–H and O–H groups in total. The molecular formula is C13H18FNO. The number of hydrogen-bond donors (Lipinski definition) is 1. The van der Waals surface area contributed by atoms with Gasteiger partial charge in [-0.05, 0) is 30.2 Å². The lowest BCUT2D eigenvalue weighted by molar-refractivity contribution is 0.0526. The summed E-state index contributed by atoms with van der Waals surface area (Å²) in [6.45, 7) is 4.33. The third-order valence-corrected chi connectivity index (χ3v) is 3.79. The molecule has 2 unspecified atom stereocenters. The summed E-state index contributed by atoms with van der Waals surface area (Å²) >= 11 is 0. The van der Waals surface area contributed by atoms with E-state index in [-0.39, 0.29) is 17.2 Å². The molecule has 1 aliphatic carbocycles. The van der Waals surface area contributed by atoms with E-state index < -0.39 is 6.10 Å². The first-order valence-electron chi connectivity index (χ1n) is 5.79. The summed E-state index contributed by atoms with van der Waals surface area (Å²) in [5.74, 6) is -0.177. The molecule has 1 fully saturated rings. The first-order valence-corrected chi connectivity index (χ1v) is 5.79. The molecule has 0 saturated heterocycles. The quantitative estimate of drug-likeness (QED) is 0.835. The van der Waals surface area contributed by atoms with Gasteiger partial charge in [0.25, 0.3) is 0 Å². The average molecular weight is 223 g/mol. The SMILES string of the molecule is CC1(C)CCCC1C(O)c1cncc(F)c1. The Kier molecular flexibility index (Phi) is 2.98. The Morgan fingerprint density at radius 1 is 1.50 bits per heavy atom. The van der Waals surface area contributed by atoms with Gasteiger partial charge in [-0.1, -0.05) is 20.3 Å². The standard InChI is InChI=1S/C13H18FNO/c1-13(2)5-3-4-11(13)12(16)9-6-10(14)8-15-7-9/h6-8,11-12,16H,3-5H2,1-2H3. The molecule has 88 valence electrons. The fourth-order valence-electron chi connectivity index (χ4n) is 2.76. The molecular weight excluding hydrogens is 205 g/mol. The number of halogens is 1. The van der Waals surface area contributed by atoms with Crippen LogP contribution in [0, 0.1) is 17.2 Å². The number of aliphatic hydroxyl groups is 1. The maximum absolute atomic E-state index is 13.0. The number of rotatable bonds is 2. The van der Waals surface area contributed by atoms with Gasteiger partial charge in [0, 0.05) is 11.8 Å². The van der Waals surface area contributed by atoms with Crippen LogP contribution in [0.15, 0.2) is 18.5 Å². The molecule has 3 heteroatoms. The van der Waals surface area contributed by atoms with Crippen LogP contribution in [0.5, 0.6) is 0 Å². The lowest BCUT2D eigenvalue weighted by atomic mass is 9.77. The molecule has 1 aromatic rings. The second kappa shape index (κ2) is 4.13. The van der Waals surface area contributed by atoms with Crippen LogP contribution in [-0.4, -0.2) is 10.1 Å². The number of aromatic nitrogens is 1. The highest BCUT2D eigenvalue weighted by Gasteiger charge is 2.39. The van der Waals surface area contributed by atoms with Gasteiger partial charge in [-0.2, -0.15) is 0 Å². The summed E-state index contributed by atoms with van der Waals surface area (Å²) in [6, 6.07) is 1.38. The molecule has 0 amide bonds. The highest BCUT2D eigenvalue weighted by molar-refractivity contribution is 5.15. The van der Waals surface area contributed by atoms with Crippen molar-refractivity contribution in [2.24, 2.45) is 11.3 Å². The molecule has 0 aliphatic heterocycles. The topological polar surface area (TPSA) is 33.1 Å². The van der Waals surface area contributed by atoms with Crippen LogP contribution < -0.4 is 0 Å². The highest BCUT2D eigenvalue weighted by Crippen LogP contribution is 2.48. The maximum Gasteiger partial charge on any atom is 0.141 e. The molecule has 0 bridgehead atoms. The largest absolute Gasteiger partial charge is 0.388 e. The van der Waals surface area contributed by atoms with Gasteiger partial charge in [-0.3, -0.25) is 4.98 Å². The van der Waals surface area contributed by atoms with Gasteiger partial charge in [0.2, 0.25) is 0 Å². The van der Waals surface area contributed by atoms with Crippen LogP contribution in [0.2, 0.25) is 0 Å². The summed E-state index contributed by atoms with van der Waals surface area (Å²) in [4.78, 5) is 3.79. The van der Waals surface area contributed by atoms with Gasteiger partial charge in [-0.25, -0.2) is 4.39 Å². The van der Waals surface area contributed by atoms with Gasteiger partial charge in [0.1, 0.15) is 5.82 Å². The Balaban J connectivity index is 2.22. The van der Waals surface area contributed by atoms with E-state index in [0.29, 0.717) is 5.56 Å². The van der Waals surface area contributed by atoms with Crippen LogP contribution >= 0.6 is 0 Å². The zero-order valence-corrected chi connectivity index (χ0v) is 9.78. The molecule has 1 heterocycles. The van der Waals surface area contributed by atoms with Crippen molar-refractivity contribution in [1.29, 1.82) is 0 Å². The predicted octanol–water partition coefficient (Wildman–Crippen LogP) is 3.08. The zero-order chi connectivity index (χ0) is 11.8. The van der Waals surface area contributed by atoms with Crippen molar-refractivity contribution in [3.8, 4) is 0 Å². The lowest BCUT2D eigenvalue weighted by Gasteiger charge is -2.31. The summed E-state index contributed by atoms with van der Waals surface area (Å²) in [7, 11) is 0. The van der Waals surface area contributed by atoms with Crippen molar-refractivity contribution in [1.82, 2.24) is 4.98 Å². The fraction of sp³-hybridized carbons (Fsp3) is 0.615. The van der Waals surface area contributed by atoms with E-state index in [2.05, 4.69) is 18.8 Å². The van der Waals surface area contributed by atoms with Gasteiger partial charge >= 0.3 is 0 Å². The lowest BCUT2D eigenvalue weighted by Crippen LogP contribution is -2.24. The van der Waals surface area contributed by atoms with Crippen LogP contribution in [0.3, 0.4) is 0 Å². The minimum atomic E-state index is -0.597. The van der Waals surface area contributed by atoms with Crippen molar-refractivity contribution in [3.63, 3.8) is 0 Å². The van der Waals surface area contributed by atoms with Crippen molar-refractivity contribution in [2.75, 3.05) is 0 Å². The normalized spacial score (nSPS) is 25.6. The van der Waals surface area contributed by atoms with Crippen LogP contribution in [0.1, 0.15) is 44.8 Å². The van der Waals surface area contributed by atoms with Gasteiger partial charge in [0.15, 0.2) is 0 Å². The Hall–Kier alpha value is -0.960. The van der Waals surface area contributed by atoms with E-state index in [1.54, 1.807) is 6.20 Å². The minimum absolute atomic E-state index is 0.131. The summed E-state index contributed by atoms with van der Waals surface area (Å²) in [5.41, 5.74) is 0.728. The molecule has 2 atom stereocenters. The molecule has 0 aromatic carbocycles. The Morgan fingerprint density at radius 3 is 2.81 bits per heavy atom. The molecule has 2 nitrogen and oxygen atoms in total. The van der Waals surface area contributed by atoms with E-state index >= 15 is 0 Å². The molecule has 1 aliphatic rings. The number of hydrogen-bond acceptors (Lipinski definition) is 2. The van der Waals surface area contributed by atoms with E-state index in [1.165, 1.54) is 6.07 Å². The van der Waals surface area contributed by atoms with Crippen LogP contribution in [0.25, 0.3) is 0 Å². The van der Waals surface area contributed by atoms with Gasteiger partial charge < -0.3 is 5.11 Å². The highest BCUT2D eigenvalue weighted by atomic mass is 19.1. The third kappa shape index (κ3) is 2.09. The second-order valence-electron chi connectivity index (χ2n) is 5.37. The summed E-state index contributed by atoms with van der Waals surface area (Å²) in [5, 5.41) is 10.3. The molecule has 2 rings (SSSR count). The maximum atomic E-state index is 13.0.